The maximum absolute atomic E-state index is 12.7. The molecule has 0 spiro atoms. The van der Waals surface area contributed by atoms with E-state index in [-0.39, 0.29) is 18.0 Å². The van der Waals surface area contributed by atoms with Gasteiger partial charge in [0.2, 0.25) is 0 Å². The van der Waals surface area contributed by atoms with Crippen LogP contribution in [0.25, 0.3) is 5.69 Å². The van der Waals surface area contributed by atoms with E-state index in [0.29, 0.717) is 24.8 Å². The third-order valence-electron chi connectivity index (χ3n) is 6.17. The van der Waals surface area contributed by atoms with Gasteiger partial charge in [-0.1, -0.05) is 37.5 Å². The molecule has 7 nitrogen and oxygen atoms in total. The fourth-order valence-electron chi connectivity index (χ4n) is 4.42. The zero-order valence-corrected chi connectivity index (χ0v) is 17.6. The van der Waals surface area contributed by atoms with Crippen molar-refractivity contribution in [3.63, 3.8) is 0 Å². The van der Waals surface area contributed by atoms with Crippen molar-refractivity contribution in [2.45, 2.75) is 64.0 Å². The van der Waals surface area contributed by atoms with Crippen molar-refractivity contribution < 1.29 is 9.59 Å². The summed E-state index contributed by atoms with van der Waals surface area (Å²) in [5.74, 6) is -0.155. The molecular formula is C23H31N5O2. The summed E-state index contributed by atoms with van der Waals surface area (Å²) in [6.07, 6.45) is 7.41. The Morgan fingerprint density at radius 1 is 0.933 bits per heavy atom. The molecule has 2 N–H and O–H groups in total. The number of urea groups is 1. The first kappa shape index (κ1) is 20.4. The zero-order valence-electron chi connectivity index (χ0n) is 17.6. The van der Waals surface area contributed by atoms with E-state index in [1.165, 1.54) is 19.3 Å². The molecule has 1 aliphatic heterocycles. The highest BCUT2D eigenvalue weighted by Crippen LogP contribution is 2.19. The fraction of sp³-hybridized carbons (Fsp3) is 0.522. The highest BCUT2D eigenvalue weighted by Gasteiger charge is 2.26. The maximum atomic E-state index is 12.7. The lowest BCUT2D eigenvalue weighted by atomic mass is 9.95. The van der Waals surface area contributed by atoms with E-state index >= 15 is 0 Å². The van der Waals surface area contributed by atoms with Crippen LogP contribution in [0.3, 0.4) is 0 Å². The topological polar surface area (TPSA) is 79.3 Å². The normalized spacial score (nSPS) is 18.2. The Morgan fingerprint density at radius 2 is 1.60 bits per heavy atom. The second-order valence-corrected chi connectivity index (χ2v) is 8.44. The van der Waals surface area contributed by atoms with E-state index < -0.39 is 0 Å². The number of nitrogens with zero attached hydrogens (tertiary/aromatic N) is 3. The van der Waals surface area contributed by atoms with Crippen LogP contribution in [0.15, 0.2) is 36.4 Å². The monoisotopic (exact) mass is 409 g/mol. The Hall–Kier alpha value is -2.83. The number of para-hydroxylation sites is 1. The van der Waals surface area contributed by atoms with Crippen LogP contribution in [0.5, 0.6) is 0 Å². The molecule has 2 fully saturated rings. The Bertz CT molecular complexity index is 865. The fourth-order valence-corrected chi connectivity index (χ4v) is 4.42. The van der Waals surface area contributed by atoms with E-state index in [1.54, 1.807) is 4.68 Å². The van der Waals surface area contributed by atoms with E-state index in [9.17, 15) is 9.59 Å². The molecule has 2 aliphatic rings. The highest BCUT2D eigenvalue weighted by atomic mass is 16.2. The number of piperidine rings is 1. The summed E-state index contributed by atoms with van der Waals surface area (Å²) in [5.41, 5.74) is 2.28. The molecule has 4 rings (SSSR count). The number of amides is 3. The largest absolute Gasteiger partial charge is 0.348 e. The lowest BCUT2D eigenvalue weighted by molar-refractivity contribution is 0.0912. The van der Waals surface area contributed by atoms with Gasteiger partial charge in [-0.3, -0.25) is 4.79 Å². The lowest BCUT2D eigenvalue weighted by Crippen LogP contribution is -2.51. The minimum Gasteiger partial charge on any atom is -0.348 e. The van der Waals surface area contributed by atoms with Crippen LogP contribution in [0.1, 0.15) is 61.1 Å². The highest BCUT2D eigenvalue weighted by molar-refractivity contribution is 5.92. The van der Waals surface area contributed by atoms with Gasteiger partial charge in [0, 0.05) is 30.9 Å². The Labute approximate surface area is 177 Å². The van der Waals surface area contributed by atoms with Gasteiger partial charge in [0.05, 0.1) is 5.69 Å². The summed E-state index contributed by atoms with van der Waals surface area (Å²) >= 11 is 0. The van der Waals surface area contributed by atoms with Gasteiger partial charge in [0.1, 0.15) is 0 Å². The molecule has 1 aromatic heterocycles. The molecule has 0 unspecified atom stereocenters. The summed E-state index contributed by atoms with van der Waals surface area (Å²) in [6, 6.07) is 12.1. The van der Waals surface area contributed by atoms with E-state index in [1.807, 2.05) is 48.2 Å². The summed E-state index contributed by atoms with van der Waals surface area (Å²) in [5, 5.41) is 10.8. The SMILES string of the molecule is Cc1cc(C(=O)NC2CCN(C(=O)NC3CCCCC3)CC2)nn1-c1ccccc1. The summed E-state index contributed by atoms with van der Waals surface area (Å²) < 4.78 is 1.78. The third kappa shape index (κ3) is 4.83. The van der Waals surface area contributed by atoms with Gasteiger partial charge >= 0.3 is 6.03 Å². The number of rotatable bonds is 4. The van der Waals surface area contributed by atoms with Crippen molar-refractivity contribution in [1.82, 2.24) is 25.3 Å². The number of benzene rings is 1. The van der Waals surface area contributed by atoms with Crippen LogP contribution in [0, 0.1) is 6.92 Å². The molecular weight excluding hydrogens is 378 g/mol. The van der Waals surface area contributed by atoms with Crippen molar-refractivity contribution in [2.75, 3.05) is 13.1 Å². The number of carbonyl (C=O) groups excluding carboxylic acids is 2. The molecule has 0 atom stereocenters. The number of hydrogen-bond acceptors (Lipinski definition) is 3. The standard InChI is InChI=1S/C23H31N5O2/c1-17-16-21(26-28(17)20-10-6-3-7-11-20)22(29)24-19-12-14-27(15-13-19)23(30)25-18-8-4-2-5-9-18/h3,6-7,10-11,16,18-19H,2,4-5,8-9,12-15H2,1H3,(H,24,29)(H,25,30). The van der Waals surface area contributed by atoms with Gasteiger partial charge in [-0.15, -0.1) is 0 Å². The van der Waals surface area contributed by atoms with Crippen LogP contribution >= 0.6 is 0 Å². The van der Waals surface area contributed by atoms with Gasteiger partial charge < -0.3 is 15.5 Å². The first-order chi connectivity index (χ1) is 14.6. The Kier molecular flexibility index (Phi) is 6.35. The number of aryl methyl sites for hydroxylation is 1. The van der Waals surface area contributed by atoms with E-state index in [0.717, 1.165) is 37.1 Å². The first-order valence-electron chi connectivity index (χ1n) is 11.1. The average Bonchev–Trinajstić information content (AvgIpc) is 3.17. The quantitative estimate of drug-likeness (QED) is 0.812. The molecule has 0 radical (unpaired) electrons. The molecule has 0 bridgehead atoms. The minimum atomic E-state index is -0.155. The van der Waals surface area contributed by atoms with Gasteiger partial charge in [0.25, 0.3) is 5.91 Å². The van der Waals surface area contributed by atoms with Crippen molar-refractivity contribution in [3.8, 4) is 5.69 Å². The van der Waals surface area contributed by atoms with Crippen molar-refractivity contribution in [2.24, 2.45) is 0 Å². The number of hydrogen-bond donors (Lipinski definition) is 2. The summed E-state index contributed by atoms with van der Waals surface area (Å²) in [7, 11) is 0. The summed E-state index contributed by atoms with van der Waals surface area (Å²) in [6.45, 7) is 3.28. The Morgan fingerprint density at radius 3 is 2.30 bits per heavy atom. The number of carbonyl (C=O) groups is 2. The maximum Gasteiger partial charge on any atom is 0.317 e. The third-order valence-corrected chi connectivity index (χ3v) is 6.17. The van der Waals surface area contributed by atoms with Crippen LogP contribution in [0.2, 0.25) is 0 Å². The molecule has 2 heterocycles. The summed E-state index contributed by atoms with van der Waals surface area (Å²) in [4.78, 5) is 27.1. The molecule has 7 heteroatoms. The average molecular weight is 410 g/mol. The van der Waals surface area contributed by atoms with Crippen LogP contribution in [0.4, 0.5) is 4.79 Å². The number of aromatic nitrogens is 2. The lowest BCUT2D eigenvalue weighted by Gasteiger charge is -2.34. The van der Waals surface area contributed by atoms with Crippen LogP contribution in [-0.4, -0.2) is 51.8 Å². The molecule has 160 valence electrons. The molecule has 3 amide bonds. The molecule has 2 aromatic rings. The first-order valence-corrected chi connectivity index (χ1v) is 11.1. The van der Waals surface area contributed by atoms with Crippen molar-refractivity contribution >= 4 is 11.9 Å². The zero-order chi connectivity index (χ0) is 20.9. The number of likely N-dealkylation sites (tertiary alicyclic amines) is 1. The van der Waals surface area contributed by atoms with Gasteiger partial charge in [-0.25, -0.2) is 9.48 Å². The van der Waals surface area contributed by atoms with E-state index in [2.05, 4.69) is 15.7 Å². The minimum absolute atomic E-state index is 0.0453. The molecule has 1 saturated carbocycles. The smallest absolute Gasteiger partial charge is 0.317 e. The van der Waals surface area contributed by atoms with Crippen LogP contribution in [-0.2, 0) is 0 Å². The van der Waals surface area contributed by atoms with Gasteiger partial charge in [-0.05, 0) is 50.8 Å². The number of nitrogens with one attached hydrogen (secondary N) is 2. The van der Waals surface area contributed by atoms with Crippen molar-refractivity contribution in [3.05, 3.63) is 47.8 Å². The molecule has 30 heavy (non-hydrogen) atoms. The molecule has 1 saturated heterocycles. The van der Waals surface area contributed by atoms with Crippen molar-refractivity contribution in [1.29, 1.82) is 0 Å². The van der Waals surface area contributed by atoms with Gasteiger partial charge in [0.15, 0.2) is 5.69 Å². The second kappa shape index (κ2) is 9.32. The Balaban J connectivity index is 1.28. The molecule has 1 aromatic carbocycles. The molecule has 1 aliphatic carbocycles. The van der Waals surface area contributed by atoms with E-state index in [4.69, 9.17) is 0 Å². The van der Waals surface area contributed by atoms with Gasteiger partial charge in [-0.2, -0.15) is 5.10 Å². The predicted octanol–water partition coefficient (Wildman–Crippen LogP) is 3.42. The second-order valence-electron chi connectivity index (χ2n) is 8.44. The predicted molar refractivity (Wildman–Crippen MR) is 116 cm³/mol. The van der Waals surface area contributed by atoms with Crippen LogP contribution < -0.4 is 10.6 Å².